The summed E-state index contributed by atoms with van der Waals surface area (Å²) in [4.78, 5) is 9.99. The first-order valence-corrected chi connectivity index (χ1v) is 9.91. The highest BCUT2D eigenvalue weighted by atomic mass is 31.2. The van der Waals surface area contributed by atoms with Crippen molar-refractivity contribution < 1.29 is 23.8 Å². The minimum absolute atomic E-state index is 0.145. The summed E-state index contributed by atoms with van der Waals surface area (Å²) in [6, 6.07) is 7.45. The molecule has 1 aromatic rings. The highest BCUT2D eigenvalue weighted by molar-refractivity contribution is 7.50. The number of methoxy groups -OCH3 is 1. The van der Waals surface area contributed by atoms with E-state index in [0.717, 1.165) is 24.8 Å². The molecule has 0 heterocycles. The Bertz CT molecular complexity index is 596. The van der Waals surface area contributed by atoms with Gasteiger partial charge in [-0.3, -0.25) is 0 Å². The average molecular weight is 357 g/mol. The van der Waals surface area contributed by atoms with Gasteiger partial charge in [-0.2, -0.15) is 0 Å². The molecular formula is C17H28NO5P. The standard InChI is InChI=1S/C17H28NO5P/c1-4-18(24(20,21)23-3)13-15-8-5-6-11-17(15,19)14-9-7-10-16(12-14)22-2/h7,9-10,12,15,19H,4-6,8,11,13H2,1-3H3,(H,20,21). The van der Waals surface area contributed by atoms with Crippen LogP contribution in [0.5, 0.6) is 5.75 Å². The van der Waals surface area contributed by atoms with E-state index in [1.54, 1.807) is 7.11 Å². The quantitative estimate of drug-likeness (QED) is 0.730. The normalized spacial score (nSPS) is 27.0. The van der Waals surface area contributed by atoms with Crippen LogP contribution in [0, 0.1) is 5.92 Å². The zero-order valence-electron chi connectivity index (χ0n) is 14.6. The van der Waals surface area contributed by atoms with Crippen LogP contribution in [-0.2, 0) is 14.7 Å². The van der Waals surface area contributed by atoms with Crippen LogP contribution < -0.4 is 4.74 Å². The van der Waals surface area contributed by atoms with Gasteiger partial charge in [-0.05, 0) is 30.5 Å². The van der Waals surface area contributed by atoms with Crippen LogP contribution in [0.3, 0.4) is 0 Å². The summed E-state index contributed by atoms with van der Waals surface area (Å²) in [6.45, 7) is 2.51. The van der Waals surface area contributed by atoms with Gasteiger partial charge in [-0.1, -0.05) is 31.9 Å². The molecule has 136 valence electrons. The van der Waals surface area contributed by atoms with Gasteiger partial charge in [0.15, 0.2) is 0 Å². The van der Waals surface area contributed by atoms with Crippen molar-refractivity contribution in [2.45, 2.75) is 38.2 Å². The van der Waals surface area contributed by atoms with Crippen LogP contribution in [0.4, 0.5) is 0 Å². The summed E-state index contributed by atoms with van der Waals surface area (Å²) in [5.41, 5.74) is -0.235. The van der Waals surface area contributed by atoms with E-state index in [2.05, 4.69) is 0 Å². The van der Waals surface area contributed by atoms with E-state index < -0.39 is 13.3 Å². The zero-order valence-corrected chi connectivity index (χ0v) is 15.5. The molecule has 2 N–H and O–H groups in total. The third-order valence-corrected chi connectivity index (χ3v) is 6.63. The first kappa shape index (κ1) is 19.4. The molecule has 3 unspecified atom stereocenters. The van der Waals surface area contributed by atoms with E-state index in [1.165, 1.54) is 11.8 Å². The fourth-order valence-electron chi connectivity index (χ4n) is 3.52. The van der Waals surface area contributed by atoms with E-state index >= 15 is 0 Å². The molecule has 0 spiro atoms. The van der Waals surface area contributed by atoms with Gasteiger partial charge in [0.05, 0.1) is 12.7 Å². The van der Waals surface area contributed by atoms with Crippen molar-refractivity contribution >= 4 is 7.75 Å². The minimum atomic E-state index is -3.82. The van der Waals surface area contributed by atoms with E-state index in [4.69, 9.17) is 9.26 Å². The van der Waals surface area contributed by atoms with Crippen molar-refractivity contribution in [2.75, 3.05) is 27.3 Å². The van der Waals surface area contributed by atoms with E-state index in [-0.39, 0.29) is 5.92 Å². The summed E-state index contributed by atoms with van der Waals surface area (Å²) < 4.78 is 23.7. The van der Waals surface area contributed by atoms with Gasteiger partial charge < -0.3 is 19.3 Å². The Morgan fingerprint density at radius 3 is 2.75 bits per heavy atom. The molecule has 1 aliphatic carbocycles. The topological polar surface area (TPSA) is 79.2 Å². The number of aliphatic hydroxyl groups is 1. The molecule has 0 aromatic heterocycles. The van der Waals surface area contributed by atoms with Crippen LogP contribution in [0.15, 0.2) is 24.3 Å². The van der Waals surface area contributed by atoms with E-state index in [9.17, 15) is 14.6 Å². The second kappa shape index (κ2) is 7.98. The molecule has 2 rings (SSSR count). The van der Waals surface area contributed by atoms with E-state index in [0.29, 0.717) is 25.3 Å². The molecule has 3 atom stereocenters. The van der Waals surface area contributed by atoms with Gasteiger partial charge in [0.2, 0.25) is 0 Å². The average Bonchev–Trinajstić information content (AvgIpc) is 2.60. The summed E-state index contributed by atoms with van der Waals surface area (Å²) in [5, 5.41) is 11.4. The van der Waals surface area contributed by atoms with Crippen molar-refractivity contribution in [3.8, 4) is 5.75 Å². The number of rotatable bonds is 7. The Labute approximate surface area is 144 Å². The van der Waals surface area contributed by atoms with E-state index in [1.807, 2.05) is 31.2 Å². The third kappa shape index (κ3) is 4.01. The van der Waals surface area contributed by atoms with Crippen molar-refractivity contribution in [3.05, 3.63) is 29.8 Å². The molecule has 6 nitrogen and oxygen atoms in total. The molecule has 1 fully saturated rings. The number of ether oxygens (including phenoxy) is 1. The fraction of sp³-hybridized carbons (Fsp3) is 0.647. The summed E-state index contributed by atoms with van der Waals surface area (Å²) in [6.07, 6.45) is 3.35. The van der Waals surface area contributed by atoms with Gasteiger partial charge in [-0.15, -0.1) is 0 Å². The molecule has 24 heavy (non-hydrogen) atoms. The largest absolute Gasteiger partial charge is 0.497 e. The number of benzene rings is 1. The van der Waals surface area contributed by atoms with Crippen molar-refractivity contribution in [2.24, 2.45) is 5.92 Å². The number of hydrogen-bond acceptors (Lipinski definition) is 4. The summed E-state index contributed by atoms with van der Waals surface area (Å²) in [5.74, 6) is 0.552. The predicted molar refractivity (Wildman–Crippen MR) is 92.9 cm³/mol. The van der Waals surface area contributed by atoms with Gasteiger partial charge in [0.25, 0.3) is 0 Å². The van der Waals surface area contributed by atoms with Gasteiger partial charge >= 0.3 is 7.75 Å². The second-order valence-corrected chi connectivity index (χ2v) is 8.19. The van der Waals surface area contributed by atoms with Gasteiger partial charge in [-0.25, -0.2) is 9.24 Å². The lowest BCUT2D eigenvalue weighted by atomic mass is 9.71. The van der Waals surface area contributed by atoms with Crippen molar-refractivity contribution in [1.29, 1.82) is 0 Å². The molecule has 1 aliphatic rings. The maximum absolute atomic E-state index is 12.2. The van der Waals surface area contributed by atoms with Crippen molar-refractivity contribution in [1.82, 2.24) is 4.67 Å². The molecule has 0 saturated heterocycles. The smallest absolute Gasteiger partial charge is 0.405 e. The Morgan fingerprint density at radius 2 is 2.12 bits per heavy atom. The number of nitrogens with zero attached hydrogens (tertiary/aromatic N) is 1. The molecule has 0 radical (unpaired) electrons. The molecular weight excluding hydrogens is 329 g/mol. The molecule has 1 saturated carbocycles. The first-order chi connectivity index (χ1) is 11.4. The Balaban J connectivity index is 2.30. The third-order valence-electron chi connectivity index (χ3n) is 5.00. The summed E-state index contributed by atoms with van der Waals surface area (Å²) in [7, 11) is -0.983. The van der Waals surface area contributed by atoms with Crippen LogP contribution in [0.2, 0.25) is 0 Å². The second-order valence-electron chi connectivity index (χ2n) is 6.28. The molecule has 7 heteroatoms. The van der Waals surface area contributed by atoms with Crippen LogP contribution in [0.25, 0.3) is 0 Å². The highest BCUT2D eigenvalue weighted by Crippen LogP contribution is 2.49. The maximum Gasteiger partial charge on any atom is 0.405 e. The Hall–Kier alpha value is -0.910. The Morgan fingerprint density at radius 1 is 1.38 bits per heavy atom. The SMILES string of the molecule is CCN(CC1CCCCC1(O)c1cccc(OC)c1)P(=O)(O)OC. The minimum Gasteiger partial charge on any atom is -0.497 e. The predicted octanol–water partition coefficient (Wildman–Crippen LogP) is 3.14. The van der Waals surface area contributed by atoms with Crippen LogP contribution in [-0.4, -0.2) is 42.0 Å². The first-order valence-electron chi connectivity index (χ1n) is 8.38. The lowest BCUT2D eigenvalue weighted by molar-refractivity contribution is -0.0608. The number of hydrogen-bond donors (Lipinski definition) is 2. The monoisotopic (exact) mass is 357 g/mol. The Kier molecular flexibility index (Phi) is 6.46. The molecule has 0 amide bonds. The lowest BCUT2D eigenvalue weighted by Crippen LogP contribution is -2.44. The van der Waals surface area contributed by atoms with Gasteiger partial charge in [0.1, 0.15) is 5.75 Å². The van der Waals surface area contributed by atoms with Crippen LogP contribution in [0.1, 0.15) is 38.2 Å². The molecule has 0 bridgehead atoms. The van der Waals surface area contributed by atoms with Gasteiger partial charge in [0, 0.05) is 26.1 Å². The molecule has 0 aliphatic heterocycles. The van der Waals surface area contributed by atoms with Crippen LogP contribution >= 0.6 is 7.75 Å². The molecule has 1 aromatic carbocycles. The van der Waals surface area contributed by atoms with Crippen molar-refractivity contribution in [3.63, 3.8) is 0 Å². The maximum atomic E-state index is 12.2. The highest BCUT2D eigenvalue weighted by Gasteiger charge is 2.43. The lowest BCUT2D eigenvalue weighted by Gasteiger charge is -2.42. The fourth-order valence-corrected chi connectivity index (χ4v) is 4.52. The zero-order chi connectivity index (χ0) is 17.8. The summed E-state index contributed by atoms with van der Waals surface area (Å²) >= 11 is 0.